The molecule has 0 bridgehead atoms. The molecule has 3 nitrogen and oxygen atoms in total. The SMILES string of the molecule is CCC1(C(=O)OC)C=C(C)CC=C1OC. The number of rotatable bonds is 3. The molecule has 0 heterocycles. The standard InChI is InChI=1S/C12H18O3/c1-5-12(11(13)15-4)8-9(2)6-7-10(12)14-3/h7-8H,5-6H2,1-4H3. The van der Waals surface area contributed by atoms with Crippen molar-refractivity contribution in [2.24, 2.45) is 5.41 Å². The molecule has 0 fully saturated rings. The molecule has 3 heteroatoms. The Morgan fingerprint density at radius 2 is 2.20 bits per heavy atom. The Morgan fingerprint density at radius 1 is 1.53 bits per heavy atom. The number of carbonyl (C=O) groups is 1. The Labute approximate surface area is 90.8 Å². The van der Waals surface area contributed by atoms with Gasteiger partial charge in [0.1, 0.15) is 11.2 Å². The minimum Gasteiger partial charge on any atom is -0.500 e. The molecule has 1 aliphatic carbocycles. The van der Waals surface area contributed by atoms with E-state index in [4.69, 9.17) is 9.47 Å². The molecule has 0 aromatic carbocycles. The molecule has 0 saturated carbocycles. The van der Waals surface area contributed by atoms with Crippen LogP contribution in [-0.4, -0.2) is 20.2 Å². The average Bonchev–Trinajstić information content (AvgIpc) is 2.27. The molecule has 84 valence electrons. The third-order valence-corrected chi connectivity index (χ3v) is 2.87. The van der Waals surface area contributed by atoms with E-state index in [1.165, 1.54) is 12.7 Å². The van der Waals surface area contributed by atoms with Crippen molar-refractivity contribution >= 4 is 5.97 Å². The Balaban J connectivity index is 3.17. The number of hydrogen-bond donors (Lipinski definition) is 0. The Hall–Kier alpha value is -1.25. The molecule has 0 aromatic heterocycles. The smallest absolute Gasteiger partial charge is 0.323 e. The van der Waals surface area contributed by atoms with Gasteiger partial charge in [-0.2, -0.15) is 0 Å². The van der Waals surface area contributed by atoms with Crippen LogP contribution in [0.3, 0.4) is 0 Å². The van der Waals surface area contributed by atoms with E-state index in [2.05, 4.69) is 0 Å². The zero-order valence-electron chi connectivity index (χ0n) is 9.79. The van der Waals surface area contributed by atoms with Gasteiger partial charge in [-0.15, -0.1) is 0 Å². The van der Waals surface area contributed by atoms with Crippen molar-refractivity contribution in [3.63, 3.8) is 0 Å². The minimum absolute atomic E-state index is 0.253. The monoisotopic (exact) mass is 210 g/mol. The van der Waals surface area contributed by atoms with Crippen LogP contribution in [-0.2, 0) is 14.3 Å². The van der Waals surface area contributed by atoms with Crippen LogP contribution in [0.25, 0.3) is 0 Å². The summed E-state index contributed by atoms with van der Waals surface area (Å²) in [7, 11) is 3.00. The third kappa shape index (κ3) is 1.91. The molecule has 15 heavy (non-hydrogen) atoms. The predicted molar refractivity (Wildman–Crippen MR) is 58.2 cm³/mol. The first-order valence-electron chi connectivity index (χ1n) is 5.12. The topological polar surface area (TPSA) is 35.5 Å². The van der Waals surface area contributed by atoms with Crippen molar-refractivity contribution < 1.29 is 14.3 Å². The van der Waals surface area contributed by atoms with Gasteiger partial charge in [-0.3, -0.25) is 4.79 Å². The van der Waals surface area contributed by atoms with E-state index in [1.54, 1.807) is 7.11 Å². The van der Waals surface area contributed by atoms with Gasteiger partial charge in [0.15, 0.2) is 0 Å². The van der Waals surface area contributed by atoms with Gasteiger partial charge in [0.05, 0.1) is 14.2 Å². The quantitative estimate of drug-likeness (QED) is 0.530. The second-order valence-electron chi connectivity index (χ2n) is 3.78. The molecule has 1 atom stereocenters. The van der Waals surface area contributed by atoms with E-state index in [0.717, 1.165) is 6.42 Å². The maximum absolute atomic E-state index is 11.8. The van der Waals surface area contributed by atoms with Gasteiger partial charge in [0.25, 0.3) is 0 Å². The normalized spacial score (nSPS) is 25.3. The van der Waals surface area contributed by atoms with Crippen LogP contribution in [0.4, 0.5) is 0 Å². The summed E-state index contributed by atoms with van der Waals surface area (Å²) >= 11 is 0. The van der Waals surface area contributed by atoms with Gasteiger partial charge in [0, 0.05) is 0 Å². The number of allylic oxidation sites excluding steroid dienone is 2. The summed E-state index contributed by atoms with van der Waals surface area (Å²) in [6, 6.07) is 0. The second-order valence-corrected chi connectivity index (χ2v) is 3.78. The van der Waals surface area contributed by atoms with Gasteiger partial charge in [-0.1, -0.05) is 18.6 Å². The molecule has 1 rings (SSSR count). The Kier molecular flexibility index (Phi) is 3.56. The van der Waals surface area contributed by atoms with Gasteiger partial charge < -0.3 is 9.47 Å². The molecule has 0 spiro atoms. The first kappa shape index (κ1) is 11.8. The lowest BCUT2D eigenvalue weighted by molar-refractivity contribution is -0.149. The van der Waals surface area contributed by atoms with E-state index >= 15 is 0 Å². The van der Waals surface area contributed by atoms with Crippen molar-refractivity contribution in [3.05, 3.63) is 23.5 Å². The van der Waals surface area contributed by atoms with Gasteiger partial charge >= 0.3 is 5.97 Å². The van der Waals surface area contributed by atoms with Crippen LogP contribution < -0.4 is 0 Å². The highest BCUT2D eigenvalue weighted by Gasteiger charge is 2.42. The Bertz CT molecular complexity index is 315. The fourth-order valence-electron chi connectivity index (χ4n) is 2.01. The lowest BCUT2D eigenvalue weighted by atomic mass is 9.77. The first-order valence-corrected chi connectivity index (χ1v) is 5.12. The van der Waals surface area contributed by atoms with Crippen LogP contribution in [0.5, 0.6) is 0 Å². The third-order valence-electron chi connectivity index (χ3n) is 2.87. The van der Waals surface area contributed by atoms with Crippen LogP contribution in [0, 0.1) is 5.41 Å². The number of carbonyl (C=O) groups excluding carboxylic acids is 1. The predicted octanol–water partition coefficient (Wildman–Crippen LogP) is 2.44. The molecule has 1 aliphatic rings. The molecule has 0 saturated heterocycles. The fraction of sp³-hybridized carbons (Fsp3) is 0.583. The summed E-state index contributed by atoms with van der Waals surface area (Å²) in [6.45, 7) is 3.97. The molecule has 0 aromatic rings. The largest absolute Gasteiger partial charge is 0.500 e. The van der Waals surface area contributed by atoms with Gasteiger partial charge in [-0.05, 0) is 25.8 Å². The highest BCUT2D eigenvalue weighted by molar-refractivity contribution is 5.83. The van der Waals surface area contributed by atoms with Crippen molar-refractivity contribution in [2.45, 2.75) is 26.7 Å². The molecule has 0 radical (unpaired) electrons. The van der Waals surface area contributed by atoms with E-state index in [1.807, 2.05) is 26.0 Å². The summed E-state index contributed by atoms with van der Waals surface area (Å²) < 4.78 is 10.1. The summed E-state index contributed by atoms with van der Waals surface area (Å²) in [5.74, 6) is 0.444. The van der Waals surface area contributed by atoms with E-state index < -0.39 is 5.41 Å². The summed E-state index contributed by atoms with van der Waals surface area (Å²) in [5, 5.41) is 0. The van der Waals surface area contributed by atoms with Gasteiger partial charge in [-0.25, -0.2) is 0 Å². The zero-order valence-corrected chi connectivity index (χ0v) is 9.79. The summed E-state index contributed by atoms with van der Waals surface area (Å²) in [4.78, 5) is 11.8. The fourth-order valence-corrected chi connectivity index (χ4v) is 2.01. The van der Waals surface area contributed by atoms with Crippen LogP contribution >= 0.6 is 0 Å². The number of hydrogen-bond acceptors (Lipinski definition) is 3. The number of ether oxygens (including phenoxy) is 2. The molecule has 0 N–H and O–H groups in total. The van der Waals surface area contributed by atoms with Crippen LogP contribution in [0.1, 0.15) is 26.7 Å². The van der Waals surface area contributed by atoms with Crippen LogP contribution in [0.15, 0.2) is 23.5 Å². The van der Waals surface area contributed by atoms with E-state index in [-0.39, 0.29) is 5.97 Å². The van der Waals surface area contributed by atoms with Crippen LogP contribution in [0.2, 0.25) is 0 Å². The minimum atomic E-state index is -0.716. The van der Waals surface area contributed by atoms with Crippen molar-refractivity contribution in [1.29, 1.82) is 0 Å². The summed E-state index contributed by atoms with van der Waals surface area (Å²) in [5.41, 5.74) is 0.453. The average molecular weight is 210 g/mol. The lowest BCUT2D eigenvalue weighted by Crippen LogP contribution is -2.34. The van der Waals surface area contributed by atoms with Crippen molar-refractivity contribution in [3.8, 4) is 0 Å². The highest BCUT2D eigenvalue weighted by Crippen LogP contribution is 2.39. The van der Waals surface area contributed by atoms with Gasteiger partial charge in [0.2, 0.25) is 0 Å². The first-order chi connectivity index (χ1) is 7.10. The maximum atomic E-state index is 11.8. The molecule has 0 aliphatic heterocycles. The lowest BCUT2D eigenvalue weighted by Gasteiger charge is -2.31. The Morgan fingerprint density at radius 3 is 2.67 bits per heavy atom. The van der Waals surface area contributed by atoms with E-state index in [9.17, 15) is 4.79 Å². The number of esters is 1. The maximum Gasteiger partial charge on any atom is 0.323 e. The highest BCUT2D eigenvalue weighted by atomic mass is 16.5. The molecule has 1 unspecified atom stereocenters. The summed E-state index contributed by atoms with van der Waals surface area (Å²) in [6.07, 6.45) is 5.39. The van der Waals surface area contributed by atoms with Crippen molar-refractivity contribution in [2.75, 3.05) is 14.2 Å². The van der Waals surface area contributed by atoms with E-state index in [0.29, 0.717) is 12.2 Å². The molecular formula is C12H18O3. The molecular weight excluding hydrogens is 192 g/mol. The number of methoxy groups -OCH3 is 2. The van der Waals surface area contributed by atoms with Crippen molar-refractivity contribution in [1.82, 2.24) is 0 Å². The molecule has 0 amide bonds. The second kappa shape index (κ2) is 4.51. The zero-order chi connectivity index (χ0) is 11.5.